The highest BCUT2D eigenvalue weighted by Crippen LogP contribution is 2.17. The van der Waals surface area contributed by atoms with E-state index in [0.717, 1.165) is 23.3 Å². The third-order valence-corrected chi connectivity index (χ3v) is 3.65. The lowest BCUT2D eigenvalue weighted by Gasteiger charge is -2.13. The topological polar surface area (TPSA) is 62.1 Å². The molecule has 2 aromatic carbocycles. The summed E-state index contributed by atoms with van der Waals surface area (Å²) in [4.78, 5) is 12.4. The Hall–Kier alpha value is -3.06. The van der Waals surface area contributed by atoms with Gasteiger partial charge in [0.1, 0.15) is 17.4 Å². The van der Waals surface area contributed by atoms with Gasteiger partial charge in [0.25, 0.3) is 5.91 Å². The first-order valence-corrected chi connectivity index (χ1v) is 8.34. The van der Waals surface area contributed by atoms with Gasteiger partial charge in [-0.2, -0.15) is 5.26 Å². The normalized spacial score (nSPS) is 12.1. The number of nitrogens with one attached hydrogen (secondary N) is 1. The number of amides is 1. The van der Waals surface area contributed by atoms with E-state index in [1.807, 2.05) is 74.5 Å². The Morgan fingerprint density at radius 3 is 2.68 bits per heavy atom. The van der Waals surface area contributed by atoms with E-state index in [1.54, 1.807) is 6.08 Å². The van der Waals surface area contributed by atoms with E-state index in [9.17, 15) is 10.1 Å². The molecule has 0 heterocycles. The van der Waals surface area contributed by atoms with Crippen LogP contribution in [0.3, 0.4) is 0 Å². The molecule has 1 atom stereocenters. The van der Waals surface area contributed by atoms with E-state index in [1.165, 1.54) is 0 Å². The highest BCUT2D eigenvalue weighted by Gasteiger charge is 2.13. The monoisotopic (exact) mass is 334 g/mol. The van der Waals surface area contributed by atoms with Crippen LogP contribution in [0, 0.1) is 11.3 Å². The molecule has 1 amide bonds. The van der Waals surface area contributed by atoms with Crippen molar-refractivity contribution in [3.05, 3.63) is 71.3 Å². The van der Waals surface area contributed by atoms with Crippen LogP contribution in [-0.4, -0.2) is 12.5 Å². The second-order valence-electron chi connectivity index (χ2n) is 5.70. The minimum absolute atomic E-state index is 0.0652. The van der Waals surface area contributed by atoms with Gasteiger partial charge in [0.2, 0.25) is 0 Å². The summed E-state index contributed by atoms with van der Waals surface area (Å²) in [5.74, 6) is 0.338. The van der Waals surface area contributed by atoms with Gasteiger partial charge in [0.15, 0.2) is 0 Å². The van der Waals surface area contributed by atoms with Gasteiger partial charge in [-0.25, -0.2) is 0 Å². The van der Waals surface area contributed by atoms with Gasteiger partial charge in [-0.05, 0) is 42.7 Å². The van der Waals surface area contributed by atoms with Gasteiger partial charge in [0.05, 0.1) is 12.6 Å². The van der Waals surface area contributed by atoms with E-state index < -0.39 is 5.91 Å². The van der Waals surface area contributed by atoms with Crippen LogP contribution in [0.25, 0.3) is 6.08 Å². The molecule has 0 aliphatic rings. The smallest absolute Gasteiger partial charge is 0.262 e. The number of ether oxygens (including phenoxy) is 1. The maximum Gasteiger partial charge on any atom is 0.262 e. The number of nitrogens with zero attached hydrogens (tertiary/aromatic N) is 1. The van der Waals surface area contributed by atoms with Gasteiger partial charge in [0, 0.05) is 0 Å². The third kappa shape index (κ3) is 5.50. The van der Waals surface area contributed by atoms with Crippen LogP contribution in [0.15, 0.2) is 60.2 Å². The summed E-state index contributed by atoms with van der Waals surface area (Å²) >= 11 is 0. The summed E-state index contributed by atoms with van der Waals surface area (Å²) in [5, 5.41) is 12.2. The second kappa shape index (κ2) is 9.29. The number of benzene rings is 2. The molecule has 0 saturated heterocycles. The van der Waals surface area contributed by atoms with Crippen LogP contribution in [0.5, 0.6) is 5.75 Å². The summed E-state index contributed by atoms with van der Waals surface area (Å²) in [7, 11) is 0. The molecule has 1 N–H and O–H groups in total. The molecule has 0 aromatic heterocycles. The van der Waals surface area contributed by atoms with E-state index in [4.69, 9.17) is 4.74 Å². The molecule has 2 aromatic rings. The molecule has 4 nitrogen and oxygen atoms in total. The number of carbonyl (C=O) groups is 1. The van der Waals surface area contributed by atoms with E-state index in [2.05, 4.69) is 5.32 Å². The summed E-state index contributed by atoms with van der Waals surface area (Å²) < 4.78 is 5.58. The summed E-state index contributed by atoms with van der Waals surface area (Å²) in [6.45, 7) is 4.56. The third-order valence-electron chi connectivity index (χ3n) is 3.65. The van der Waals surface area contributed by atoms with Crippen molar-refractivity contribution in [1.82, 2.24) is 5.32 Å². The SMILES string of the molecule is CCCOc1cccc(/C=C(\C#N)C(=O)N[C@@H](C)c2ccccc2)c1. The fraction of sp³-hybridized carbons (Fsp3) is 0.238. The minimum Gasteiger partial charge on any atom is -0.494 e. The predicted molar refractivity (Wildman–Crippen MR) is 98.8 cm³/mol. The highest BCUT2D eigenvalue weighted by atomic mass is 16.5. The summed E-state index contributed by atoms with van der Waals surface area (Å²) in [6, 6.07) is 18.8. The Labute approximate surface area is 148 Å². The van der Waals surface area contributed by atoms with Crippen LogP contribution in [0.4, 0.5) is 0 Å². The van der Waals surface area contributed by atoms with E-state index in [0.29, 0.717) is 6.61 Å². The highest BCUT2D eigenvalue weighted by molar-refractivity contribution is 6.01. The van der Waals surface area contributed by atoms with Gasteiger partial charge in [-0.1, -0.05) is 49.4 Å². The van der Waals surface area contributed by atoms with Gasteiger partial charge >= 0.3 is 0 Å². The number of hydrogen-bond donors (Lipinski definition) is 1. The first-order valence-electron chi connectivity index (χ1n) is 8.34. The minimum atomic E-state index is -0.390. The largest absolute Gasteiger partial charge is 0.494 e. The molecule has 0 unspecified atom stereocenters. The molecule has 0 aliphatic carbocycles. The number of hydrogen-bond acceptors (Lipinski definition) is 3. The summed E-state index contributed by atoms with van der Waals surface area (Å²) in [5.41, 5.74) is 1.81. The summed E-state index contributed by atoms with van der Waals surface area (Å²) in [6.07, 6.45) is 2.50. The van der Waals surface area contributed by atoms with Crippen molar-refractivity contribution in [3.63, 3.8) is 0 Å². The Morgan fingerprint density at radius 2 is 2.00 bits per heavy atom. The average Bonchev–Trinajstić information content (AvgIpc) is 2.65. The van der Waals surface area contributed by atoms with Crippen LogP contribution in [0.1, 0.15) is 37.4 Å². The Balaban J connectivity index is 2.11. The molecule has 0 saturated carbocycles. The van der Waals surface area contributed by atoms with Crippen molar-refractivity contribution < 1.29 is 9.53 Å². The molecule has 0 bridgehead atoms. The molecular formula is C21H22N2O2. The molecule has 128 valence electrons. The molecule has 25 heavy (non-hydrogen) atoms. The van der Waals surface area contributed by atoms with Crippen LogP contribution < -0.4 is 10.1 Å². The number of carbonyl (C=O) groups excluding carboxylic acids is 1. The molecular weight excluding hydrogens is 312 g/mol. The van der Waals surface area contributed by atoms with Crippen molar-refractivity contribution in [2.45, 2.75) is 26.3 Å². The Morgan fingerprint density at radius 1 is 1.24 bits per heavy atom. The zero-order chi connectivity index (χ0) is 18.1. The van der Waals surface area contributed by atoms with Crippen molar-refractivity contribution in [3.8, 4) is 11.8 Å². The first kappa shape index (κ1) is 18.3. The molecule has 0 radical (unpaired) electrons. The zero-order valence-corrected chi connectivity index (χ0v) is 14.5. The van der Waals surface area contributed by atoms with Crippen molar-refractivity contribution in [2.75, 3.05) is 6.61 Å². The quantitative estimate of drug-likeness (QED) is 0.608. The average molecular weight is 334 g/mol. The Kier molecular flexibility index (Phi) is 6.79. The van der Waals surface area contributed by atoms with Crippen LogP contribution in [0.2, 0.25) is 0 Å². The predicted octanol–water partition coefficient (Wildman–Crippen LogP) is 4.26. The fourth-order valence-corrected chi connectivity index (χ4v) is 2.33. The fourth-order valence-electron chi connectivity index (χ4n) is 2.33. The van der Waals surface area contributed by atoms with E-state index in [-0.39, 0.29) is 11.6 Å². The zero-order valence-electron chi connectivity index (χ0n) is 14.5. The van der Waals surface area contributed by atoms with Crippen molar-refractivity contribution in [1.29, 1.82) is 5.26 Å². The van der Waals surface area contributed by atoms with Crippen LogP contribution >= 0.6 is 0 Å². The molecule has 4 heteroatoms. The Bertz CT molecular complexity index is 776. The molecule has 0 fully saturated rings. The van der Waals surface area contributed by atoms with Gasteiger partial charge in [-0.3, -0.25) is 4.79 Å². The second-order valence-corrected chi connectivity index (χ2v) is 5.70. The van der Waals surface area contributed by atoms with Gasteiger partial charge < -0.3 is 10.1 Å². The molecule has 0 spiro atoms. The molecule has 2 rings (SSSR count). The lowest BCUT2D eigenvalue weighted by molar-refractivity contribution is -0.117. The maximum atomic E-state index is 12.4. The lowest BCUT2D eigenvalue weighted by atomic mass is 10.1. The number of nitriles is 1. The standard InChI is InChI=1S/C21H22N2O2/c1-3-12-25-20-11-7-8-17(14-20)13-19(15-22)21(24)23-16(2)18-9-5-4-6-10-18/h4-11,13-14,16H,3,12H2,1-2H3,(H,23,24)/b19-13+/t16-/m0/s1. The lowest BCUT2D eigenvalue weighted by Crippen LogP contribution is -2.27. The maximum absolute atomic E-state index is 12.4. The van der Waals surface area contributed by atoms with Gasteiger partial charge in [-0.15, -0.1) is 0 Å². The molecule has 0 aliphatic heterocycles. The van der Waals surface area contributed by atoms with Crippen molar-refractivity contribution in [2.24, 2.45) is 0 Å². The number of rotatable bonds is 7. The first-order chi connectivity index (χ1) is 12.1. The van der Waals surface area contributed by atoms with Crippen LogP contribution in [-0.2, 0) is 4.79 Å². The van der Waals surface area contributed by atoms with Crippen molar-refractivity contribution >= 4 is 12.0 Å². The van der Waals surface area contributed by atoms with E-state index >= 15 is 0 Å².